The van der Waals surface area contributed by atoms with Crippen LogP contribution < -0.4 is 0 Å². The van der Waals surface area contributed by atoms with Gasteiger partial charge in [-0.05, 0) is 34.4 Å². The van der Waals surface area contributed by atoms with E-state index in [1.54, 1.807) is 12.1 Å². The molecule has 0 saturated carbocycles. The first kappa shape index (κ1) is 13.9. The first-order chi connectivity index (χ1) is 8.66. The van der Waals surface area contributed by atoms with E-state index in [4.69, 9.17) is 0 Å². The minimum Gasteiger partial charge on any atom is -0.507 e. The molecule has 0 aliphatic heterocycles. The third-order valence-electron chi connectivity index (χ3n) is 3.08. The van der Waals surface area contributed by atoms with Gasteiger partial charge in [-0.25, -0.2) is 4.79 Å². The van der Waals surface area contributed by atoms with Gasteiger partial charge in [-0.1, -0.05) is 30.3 Å². The van der Waals surface area contributed by atoms with Gasteiger partial charge in [0.25, 0.3) is 0 Å². The van der Waals surface area contributed by atoms with E-state index in [0.717, 1.165) is 16.2 Å². The van der Waals surface area contributed by atoms with Gasteiger partial charge >= 0.3 is 5.97 Å². The van der Waals surface area contributed by atoms with E-state index in [2.05, 4.69) is 0 Å². The Kier molecular flexibility index (Phi) is 3.80. The Morgan fingerprint density at radius 2 is 1.53 bits per heavy atom. The number of aromatic hydroxyl groups is 1. The Morgan fingerprint density at radius 1 is 0.895 bits per heavy atom. The summed E-state index contributed by atoms with van der Waals surface area (Å²) in [5.74, 6) is -1.32. The van der Waals surface area contributed by atoms with E-state index in [-0.39, 0.29) is 40.9 Å². The Bertz CT molecular complexity index is 781. The summed E-state index contributed by atoms with van der Waals surface area (Å²) < 4.78 is 0. The van der Waals surface area contributed by atoms with Crippen LogP contribution in [0.25, 0.3) is 21.5 Å². The molecule has 3 aromatic carbocycles. The molecule has 3 rings (SSSR count). The molecule has 0 bridgehead atoms. The van der Waals surface area contributed by atoms with Crippen LogP contribution in [0.1, 0.15) is 10.4 Å². The fourth-order valence-corrected chi connectivity index (χ4v) is 2.23. The monoisotopic (exact) mass is 261 g/mol. The molecule has 3 aromatic rings. The summed E-state index contributed by atoms with van der Waals surface area (Å²) in [6.07, 6.45) is 0. The number of hydrogen-bond acceptors (Lipinski definition) is 2. The van der Waals surface area contributed by atoms with Gasteiger partial charge in [-0.15, -0.1) is 0 Å². The van der Waals surface area contributed by atoms with Crippen molar-refractivity contribution in [1.82, 2.24) is 0 Å². The summed E-state index contributed by atoms with van der Waals surface area (Å²) in [4.78, 5) is 11.2. The quantitative estimate of drug-likeness (QED) is 0.523. The number of aromatic carboxylic acids is 1. The second kappa shape index (κ2) is 5.21. The molecule has 0 fully saturated rings. The summed E-state index contributed by atoms with van der Waals surface area (Å²) in [6.45, 7) is 0. The van der Waals surface area contributed by atoms with Gasteiger partial charge in [-0.2, -0.15) is 0 Å². The smallest absolute Gasteiger partial charge is 0.340 e. The minimum atomic E-state index is -1.12. The van der Waals surface area contributed by atoms with Crippen LogP contribution in [0.4, 0.5) is 0 Å². The van der Waals surface area contributed by atoms with Crippen molar-refractivity contribution < 1.29 is 15.0 Å². The van der Waals surface area contributed by atoms with Gasteiger partial charge in [0.1, 0.15) is 11.3 Å². The molecule has 0 heterocycles. The van der Waals surface area contributed by atoms with E-state index in [0.29, 0.717) is 5.39 Å². The summed E-state index contributed by atoms with van der Waals surface area (Å²) >= 11 is 0. The third-order valence-corrected chi connectivity index (χ3v) is 3.08. The predicted octanol–water partition coefficient (Wildman–Crippen LogP) is 3.02. The fourth-order valence-electron chi connectivity index (χ4n) is 2.23. The number of hydrogen-bond donors (Lipinski definition) is 2. The zero-order chi connectivity index (χ0) is 12.7. The zero-order valence-corrected chi connectivity index (χ0v) is 12.4. The van der Waals surface area contributed by atoms with Crippen LogP contribution in [0.2, 0.25) is 0 Å². The minimum absolute atomic E-state index is 0. The molecular weight excluding hydrogens is 251 g/mol. The summed E-state index contributed by atoms with van der Waals surface area (Å²) in [7, 11) is 0. The van der Waals surface area contributed by atoms with Gasteiger partial charge in [0.2, 0.25) is 0 Å². The standard InChI is InChI=1S/C15H10O3.Na/c16-13-6-5-11-7-9-3-1-2-4-10(9)8-12(11)14(13)15(17)18;/h1-8,16H,(H,17,18);. The molecule has 19 heavy (non-hydrogen) atoms. The summed E-state index contributed by atoms with van der Waals surface area (Å²) in [6, 6.07) is 14.6. The van der Waals surface area contributed by atoms with Crippen LogP contribution >= 0.6 is 0 Å². The van der Waals surface area contributed by atoms with E-state index < -0.39 is 5.97 Å². The molecule has 2 N–H and O–H groups in total. The molecule has 0 aliphatic rings. The molecule has 0 amide bonds. The molecule has 0 atom stereocenters. The van der Waals surface area contributed by atoms with Crippen LogP contribution in [0.5, 0.6) is 5.75 Å². The molecule has 0 spiro atoms. The van der Waals surface area contributed by atoms with Crippen molar-refractivity contribution in [2.75, 3.05) is 0 Å². The Hall–Kier alpha value is -1.55. The van der Waals surface area contributed by atoms with Crippen LogP contribution in [-0.2, 0) is 0 Å². The molecule has 0 aromatic heterocycles. The molecule has 89 valence electrons. The first-order valence-electron chi connectivity index (χ1n) is 5.54. The number of carboxylic acids is 1. The normalized spacial score (nSPS) is 10.3. The molecule has 0 aliphatic carbocycles. The SMILES string of the molecule is O=C(O)c1c(O)ccc2cc3ccccc3cc12.[Na]. The van der Waals surface area contributed by atoms with Crippen LogP contribution in [-0.4, -0.2) is 45.7 Å². The van der Waals surface area contributed by atoms with E-state index in [1.165, 1.54) is 6.07 Å². The van der Waals surface area contributed by atoms with Crippen molar-refractivity contribution in [3.63, 3.8) is 0 Å². The van der Waals surface area contributed by atoms with Crippen molar-refractivity contribution in [3.05, 3.63) is 54.1 Å². The Labute approximate surface area is 131 Å². The molecule has 1 radical (unpaired) electrons. The maximum atomic E-state index is 11.2. The average Bonchev–Trinajstić information content (AvgIpc) is 2.36. The number of carboxylic acid groups (broad SMARTS) is 1. The van der Waals surface area contributed by atoms with E-state index >= 15 is 0 Å². The number of rotatable bonds is 1. The van der Waals surface area contributed by atoms with E-state index in [9.17, 15) is 15.0 Å². The zero-order valence-electron chi connectivity index (χ0n) is 10.4. The summed E-state index contributed by atoms with van der Waals surface area (Å²) in [5, 5.41) is 22.2. The largest absolute Gasteiger partial charge is 0.507 e. The maximum Gasteiger partial charge on any atom is 0.340 e. The predicted molar refractivity (Wildman–Crippen MR) is 75.8 cm³/mol. The Morgan fingerprint density at radius 3 is 2.16 bits per heavy atom. The second-order valence-electron chi connectivity index (χ2n) is 4.19. The third kappa shape index (κ3) is 2.32. The van der Waals surface area contributed by atoms with Gasteiger partial charge < -0.3 is 10.2 Å². The molecule has 4 heteroatoms. The molecule has 0 unspecified atom stereocenters. The number of phenols is 1. The van der Waals surface area contributed by atoms with Gasteiger partial charge in [-0.3, -0.25) is 0 Å². The number of fused-ring (bicyclic) bond motifs is 2. The maximum absolute atomic E-state index is 11.2. The molecular formula is C15H10NaO3. The van der Waals surface area contributed by atoms with Crippen LogP contribution in [0.3, 0.4) is 0 Å². The van der Waals surface area contributed by atoms with Gasteiger partial charge in [0, 0.05) is 34.9 Å². The van der Waals surface area contributed by atoms with Crippen molar-refractivity contribution in [2.24, 2.45) is 0 Å². The van der Waals surface area contributed by atoms with Crippen molar-refractivity contribution in [1.29, 1.82) is 0 Å². The van der Waals surface area contributed by atoms with Crippen molar-refractivity contribution in [3.8, 4) is 5.75 Å². The topological polar surface area (TPSA) is 57.5 Å². The number of carbonyl (C=O) groups is 1. The van der Waals surface area contributed by atoms with Crippen LogP contribution in [0, 0.1) is 0 Å². The van der Waals surface area contributed by atoms with Gasteiger partial charge in [0.05, 0.1) is 0 Å². The first-order valence-corrected chi connectivity index (χ1v) is 5.54. The second-order valence-corrected chi connectivity index (χ2v) is 4.19. The van der Waals surface area contributed by atoms with E-state index in [1.807, 2.05) is 30.3 Å². The average molecular weight is 261 g/mol. The Balaban J connectivity index is 0.00000133. The molecule has 0 saturated heterocycles. The fraction of sp³-hybridized carbons (Fsp3) is 0. The van der Waals surface area contributed by atoms with Crippen molar-refractivity contribution >= 4 is 57.1 Å². The molecule has 3 nitrogen and oxygen atoms in total. The van der Waals surface area contributed by atoms with Gasteiger partial charge in [0.15, 0.2) is 0 Å². The summed E-state index contributed by atoms with van der Waals surface area (Å²) in [5.41, 5.74) is -0.0433. The van der Waals surface area contributed by atoms with Crippen LogP contribution in [0.15, 0.2) is 48.5 Å². The van der Waals surface area contributed by atoms with Crippen molar-refractivity contribution in [2.45, 2.75) is 0 Å². The number of benzene rings is 3.